The normalized spacial score (nSPS) is 11.5. The van der Waals surface area contributed by atoms with E-state index in [0.717, 1.165) is 11.1 Å². The van der Waals surface area contributed by atoms with Crippen LogP contribution in [0.1, 0.15) is 42.3 Å². The Morgan fingerprint density at radius 3 is 2.54 bits per heavy atom. The first-order valence-electron chi connectivity index (χ1n) is 8.62. The minimum absolute atomic E-state index is 0.0456. The second kappa shape index (κ2) is 8.90. The van der Waals surface area contributed by atoms with E-state index in [1.807, 2.05) is 39.0 Å². The Morgan fingerprint density at radius 1 is 1.23 bits per heavy atom. The lowest BCUT2D eigenvalue weighted by Gasteiger charge is -2.15. The molecular weight excluding hydrogens is 326 g/mol. The molecule has 0 aliphatic heterocycles. The topological polar surface area (TPSA) is 72.6 Å². The van der Waals surface area contributed by atoms with Crippen LogP contribution in [0, 0.1) is 0 Å². The summed E-state index contributed by atoms with van der Waals surface area (Å²) >= 11 is 0. The monoisotopic (exact) mass is 351 g/mol. The Bertz CT molecular complexity index is 818. The van der Waals surface area contributed by atoms with Crippen LogP contribution in [-0.2, 0) is 6.42 Å². The first-order chi connectivity index (χ1) is 12.4. The zero-order chi connectivity index (χ0) is 19.1. The quantitative estimate of drug-likeness (QED) is 0.326. The number of allylic oxidation sites excluding steroid dienone is 3. The molecule has 4 nitrogen and oxygen atoms in total. The van der Waals surface area contributed by atoms with Crippen molar-refractivity contribution in [3.8, 4) is 11.5 Å². The van der Waals surface area contributed by atoms with Crippen LogP contribution < -0.4 is 10.5 Å². The van der Waals surface area contributed by atoms with Crippen molar-refractivity contribution >= 4 is 17.5 Å². The Morgan fingerprint density at radius 2 is 1.92 bits per heavy atom. The summed E-state index contributed by atoms with van der Waals surface area (Å²) < 4.78 is 5.78. The molecule has 4 heteroatoms. The van der Waals surface area contributed by atoms with E-state index in [0.29, 0.717) is 23.4 Å². The minimum Gasteiger partial charge on any atom is -0.508 e. The summed E-state index contributed by atoms with van der Waals surface area (Å²) in [5.74, 6) is 0.604. The van der Waals surface area contributed by atoms with E-state index in [9.17, 15) is 9.90 Å². The van der Waals surface area contributed by atoms with Crippen molar-refractivity contribution in [3.63, 3.8) is 0 Å². The minimum atomic E-state index is -0.122. The van der Waals surface area contributed by atoms with Crippen LogP contribution in [-0.4, -0.2) is 17.0 Å². The molecule has 2 aromatic rings. The molecule has 0 saturated heterocycles. The van der Waals surface area contributed by atoms with E-state index >= 15 is 0 Å². The molecule has 0 atom stereocenters. The third kappa shape index (κ3) is 5.24. The van der Waals surface area contributed by atoms with Gasteiger partial charge in [-0.25, -0.2) is 0 Å². The van der Waals surface area contributed by atoms with Crippen molar-refractivity contribution in [1.82, 2.24) is 0 Å². The lowest BCUT2D eigenvalue weighted by molar-refractivity contribution is 0.104. The zero-order valence-corrected chi connectivity index (χ0v) is 15.4. The highest BCUT2D eigenvalue weighted by atomic mass is 16.5. The molecule has 3 N–H and O–H groups in total. The maximum Gasteiger partial charge on any atom is 0.185 e. The maximum absolute atomic E-state index is 12.4. The average Bonchev–Trinajstić information content (AvgIpc) is 2.60. The number of anilines is 1. The number of phenols is 1. The van der Waals surface area contributed by atoms with Gasteiger partial charge >= 0.3 is 0 Å². The molecule has 0 amide bonds. The number of benzene rings is 2. The summed E-state index contributed by atoms with van der Waals surface area (Å²) in [6.45, 7) is 5.76. The lowest BCUT2D eigenvalue weighted by Crippen LogP contribution is -2.07. The van der Waals surface area contributed by atoms with Gasteiger partial charge in [0, 0.05) is 22.9 Å². The van der Waals surface area contributed by atoms with Crippen LogP contribution in [0.2, 0.25) is 0 Å². The van der Waals surface area contributed by atoms with Crippen molar-refractivity contribution in [2.45, 2.75) is 33.3 Å². The molecule has 0 bridgehead atoms. The van der Waals surface area contributed by atoms with E-state index in [2.05, 4.69) is 0 Å². The standard InChI is InChI=1S/C22H25NO3/c1-4-5-6-17-13-18(22(14-21(17)25)26-15(2)3)9-12-20(24)16-7-10-19(23)11-8-16/h4-5,7-15,25H,6,23H2,1-3H3/b5-4+,12-9+. The molecule has 2 rings (SSSR count). The highest BCUT2D eigenvalue weighted by Crippen LogP contribution is 2.31. The van der Waals surface area contributed by atoms with Gasteiger partial charge in [0.25, 0.3) is 0 Å². The first-order valence-corrected chi connectivity index (χ1v) is 8.62. The molecule has 0 aromatic heterocycles. The molecule has 0 radical (unpaired) electrons. The smallest absolute Gasteiger partial charge is 0.185 e. The van der Waals surface area contributed by atoms with Gasteiger partial charge in [-0.1, -0.05) is 12.2 Å². The Labute approximate surface area is 154 Å². The molecule has 0 spiro atoms. The SMILES string of the molecule is C/C=C/Cc1cc(/C=C/C(=O)c2ccc(N)cc2)c(OC(C)C)cc1O. The van der Waals surface area contributed by atoms with Crippen LogP contribution in [0.3, 0.4) is 0 Å². The van der Waals surface area contributed by atoms with Crippen LogP contribution in [0.5, 0.6) is 11.5 Å². The molecule has 0 aliphatic carbocycles. The summed E-state index contributed by atoms with van der Waals surface area (Å²) in [4.78, 5) is 12.4. The highest BCUT2D eigenvalue weighted by Gasteiger charge is 2.10. The van der Waals surface area contributed by atoms with Crippen LogP contribution in [0.4, 0.5) is 5.69 Å². The first kappa shape index (κ1) is 19.3. The number of nitrogens with two attached hydrogens (primary N) is 1. The van der Waals surface area contributed by atoms with Gasteiger partial charge in [-0.2, -0.15) is 0 Å². The number of carbonyl (C=O) groups excluding carboxylic acids is 1. The molecule has 26 heavy (non-hydrogen) atoms. The molecule has 136 valence electrons. The van der Waals surface area contributed by atoms with Gasteiger partial charge in [0.1, 0.15) is 11.5 Å². The summed E-state index contributed by atoms with van der Waals surface area (Å²) in [6.07, 6.45) is 7.68. The Balaban J connectivity index is 2.34. The van der Waals surface area contributed by atoms with Crippen molar-refractivity contribution in [2.75, 3.05) is 5.73 Å². The van der Waals surface area contributed by atoms with E-state index in [1.165, 1.54) is 6.08 Å². The number of hydrogen-bond acceptors (Lipinski definition) is 4. The van der Waals surface area contributed by atoms with Crippen molar-refractivity contribution in [1.29, 1.82) is 0 Å². The second-order valence-corrected chi connectivity index (χ2v) is 6.28. The predicted molar refractivity (Wildman–Crippen MR) is 107 cm³/mol. The van der Waals surface area contributed by atoms with Crippen LogP contribution in [0.25, 0.3) is 6.08 Å². The van der Waals surface area contributed by atoms with Gasteiger partial charge in [-0.05, 0) is 75.2 Å². The number of phenolic OH excluding ortho intramolecular Hbond substituents is 1. The number of nitrogen functional groups attached to an aromatic ring is 1. The number of hydrogen-bond donors (Lipinski definition) is 2. The number of rotatable bonds is 7. The summed E-state index contributed by atoms with van der Waals surface area (Å²) in [7, 11) is 0. The summed E-state index contributed by atoms with van der Waals surface area (Å²) in [6, 6.07) is 10.2. The molecule has 0 aliphatic rings. The van der Waals surface area contributed by atoms with Gasteiger partial charge in [0.15, 0.2) is 5.78 Å². The van der Waals surface area contributed by atoms with Gasteiger partial charge in [0.2, 0.25) is 0 Å². The van der Waals surface area contributed by atoms with Crippen LogP contribution >= 0.6 is 0 Å². The Kier molecular flexibility index (Phi) is 6.61. The van der Waals surface area contributed by atoms with E-state index in [4.69, 9.17) is 10.5 Å². The average molecular weight is 351 g/mol. The van der Waals surface area contributed by atoms with Gasteiger partial charge in [-0.15, -0.1) is 0 Å². The molecule has 0 saturated carbocycles. The Hall–Kier alpha value is -3.01. The molecule has 0 heterocycles. The third-order valence-corrected chi connectivity index (χ3v) is 3.76. The summed E-state index contributed by atoms with van der Waals surface area (Å²) in [5.41, 5.74) is 8.36. The van der Waals surface area contributed by atoms with Crippen molar-refractivity contribution in [3.05, 3.63) is 71.3 Å². The predicted octanol–water partition coefficient (Wildman–Crippen LogP) is 4.78. The fraction of sp³-hybridized carbons (Fsp3) is 0.227. The number of carbonyl (C=O) groups is 1. The van der Waals surface area contributed by atoms with Crippen molar-refractivity contribution < 1.29 is 14.6 Å². The van der Waals surface area contributed by atoms with E-state index < -0.39 is 0 Å². The highest BCUT2D eigenvalue weighted by molar-refractivity contribution is 6.07. The molecule has 0 unspecified atom stereocenters. The third-order valence-electron chi connectivity index (χ3n) is 3.76. The fourth-order valence-electron chi connectivity index (χ4n) is 2.44. The molecule has 0 fully saturated rings. The van der Waals surface area contributed by atoms with Gasteiger partial charge in [0.05, 0.1) is 6.10 Å². The number of ether oxygens (including phenoxy) is 1. The maximum atomic E-state index is 12.4. The summed E-state index contributed by atoms with van der Waals surface area (Å²) in [5, 5.41) is 10.2. The van der Waals surface area contributed by atoms with E-state index in [-0.39, 0.29) is 17.6 Å². The number of aromatic hydroxyl groups is 1. The number of ketones is 1. The lowest BCUT2D eigenvalue weighted by atomic mass is 10.0. The molecular formula is C22H25NO3. The van der Waals surface area contributed by atoms with Crippen molar-refractivity contribution in [2.24, 2.45) is 0 Å². The van der Waals surface area contributed by atoms with Crippen LogP contribution in [0.15, 0.2) is 54.6 Å². The van der Waals surface area contributed by atoms with Gasteiger partial charge in [-0.3, -0.25) is 4.79 Å². The fourth-order valence-corrected chi connectivity index (χ4v) is 2.44. The largest absolute Gasteiger partial charge is 0.508 e. The van der Waals surface area contributed by atoms with Gasteiger partial charge < -0.3 is 15.6 Å². The zero-order valence-electron chi connectivity index (χ0n) is 15.4. The van der Waals surface area contributed by atoms with E-state index in [1.54, 1.807) is 36.4 Å². The molecule has 2 aromatic carbocycles. The second-order valence-electron chi connectivity index (χ2n) is 6.28.